The molecule has 5 N–H and O–H groups in total. The lowest BCUT2D eigenvalue weighted by atomic mass is 9.93. The molecule has 186 valence electrons. The number of carbonyl (C=O) groups is 1. The number of pyridine rings is 1. The highest BCUT2D eigenvalue weighted by Crippen LogP contribution is 2.54. The SMILES string of the molecule is Nc1ccc(C(=O)Nc2cnc(SNCCO)cc2N2CCC3(CC2)CC3)cc1N1CC2CC2C1. The van der Waals surface area contributed by atoms with E-state index < -0.39 is 0 Å². The van der Waals surface area contributed by atoms with Crippen LogP contribution in [0.15, 0.2) is 35.5 Å². The number of nitrogens with one attached hydrogen (secondary N) is 2. The van der Waals surface area contributed by atoms with Gasteiger partial charge in [0.05, 0.1) is 35.6 Å². The number of piperidine rings is 2. The number of benzene rings is 1. The Kier molecular flexibility index (Phi) is 6.02. The highest BCUT2D eigenvalue weighted by Gasteiger charge is 2.46. The number of hydrogen-bond donors (Lipinski definition) is 4. The molecule has 2 aliphatic heterocycles. The minimum atomic E-state index is -0.145. The molecule has 2 saturated heterocycles. The molecule has 2 saturated carbocycles. The van der Waals surface area contributed by atoms with Gasteiger partial charge in [0, 0.05) is 38.3 Å². The third-order valence-electron chi connectivity index (χ3n) is 8.23. The topological polar surface area (TPSA) is 107 Å². The van der Waals surface area contributed by atoms with E-state index in [1.54, 1.807) is 12.3 Å². The van der Waals surface area contributed by atoms with Gasteiger partial charge in [-0.05, 0) is 85.6 Å². The molecule has 4 aliphatic rings. The molecule has 2 unspecified atom stereocenters. The van der Waals surface area contributed by atoms with Crippen LogP contribution in [0.4, 0.5) is 22.7 Å². The second kappa shape index (κ2) is 9.19. The summed E-state index contributed by atoms with van der Waals surface area (Å²) in [6, 6.07) is 7.63. The molecular formula is C26H34N6O2S. The van der Waals surface area contributed by atoms with Crippen LogP contribution in [0.5, 0.6) is 0 Å². The number of aromatic nitrogens is 1. The van der Waals surface area contributed by atoms with Gasteiger partial charge in [-0.25, -0.2) is 4.98 Å². The molecule has 0 radical (unpaired) electrons. The van der Waals surface area contributed by atoms with Gasteiger partial charge in [0.2, 0.25) is 0 Å². The summed E-state index contributed by atoms with van der Waals surface area (Å²) in [5.41, 5.74) is 10.9. The number of carbonyl (C=O) groups excluding carboxylic acids is 1. The van der Waals surface area contributed by atoms with Crippen molar-refractivity contribution in [1.29, 1.82) is 0 Å². The van der Waals surface area contributed by atoms with Crippen molar-refractivity contribution in [3.05, 3.63) is 36.0 Å². The summed E-state index contributed by atoms with van der Waals surface area (Å²) in [6.45, 7) is 4.62. The molecule has 6 rings (SSSR count). The molecular weight excluding hydrogens is 460 g/mol. The average molecular weight is 495 g/mol. The summed E-state index contributed by atoms with van der Waals surface area (Å²) in [7, 11) is 0. The zero-order chi connectivity index (χ0) is 24.0. The Bertz CT molecular complexity index is 1100. The monoisotopic (exact) mass is 494 g/mol. The van der Waals surface area contributed by atoms with Crippen molar-refractivity contribution in [3.8, 4) is 0 Å². The summed E-state index contributed by atoms with van der Waals surface area (Å²) in [6.07, 6.45) is 8.19. The van der Waals surface area contributed by atoms with Gasteiger partial charge in [0.1, 0.15) is 5.03 Å². The summed E-state index contributed by atoms with van der Waals surface area (Å²) in [4.78, 5) is 22.6. The number of nitrogens with two attached hydrogens (primary N) is 1. The third-order valence-corrected chi connectivity index (χ3v) is 9.01. The molecule has 8 nitrogen and oxygen atoms in total. The number of aliphatic hydroxyl groups is 1. The van der Waals surface area contributed by atoms with Crippen molar-refractivity contribution in [2.45, 2.75) is 37.1 Å². The van der Waals surface area contributed by atoms with Crippen molar-refractivity contribution in [2.75, 3.05) is 60.2 Å². The molecule has 3 heterocycles. The zero-order valence-corrected chi connectivity index (χ0v) is 20.8. The molecule has 0 bridgehead atoms. The first-order chi connectivity index (χ1) is 17.0. The Hall–Kier alpha value is -2.49. The van der Waals surface area contributed by atoms with Gasteiger partial charge in [-0.15, -0.1) is 0 Å². The maximum absolute atomic E-state index is 13.3. The molecule has 2 aromatic rings. The second-order valence-corrected chi connectivity index (χ2v) is 11.5. The van der Waals surface area contributed by atoms with Crippen LogP contribution < -0.4 is 25.6 Å². The first kappa shape index (κ1) is 22.9. The summed E-state index contributed by atoms with van der Waals surface area (Å²) >= 11 is 1.40. The number of aliphatic hydroxyl groups excluding tert-OH is 1. The van der Waals surface area contributed by atoms with E-state index in [4.69, 9.17) is 10.8 Å². The number of amides is 1. The molecule has 1 amide bonds. The Labute approximate surface area is 210 Å². The fourth-order valence-corrected chi connectivity index (χ4v) is 6.27. The lowest BCUT2D eigenvalue weighted by Gasteiger charge is -2.35. The Morgan fingerprint density at radius 3 is 2.60 bits per heavy atom. The molecule has 4 fully saturated rings. The molecule has 9 heteroatoms. The number of rotatable bonds is 8. The van der Waals surface area contributed by atoms with Crippen LogP contribution in [0.1, 0.15) is 42.5 Å². The van der Waals surface area contributed by atoms with Crippen LogP contribution in [0.25, 0.3) is 0 Å². The maximum Gasteiger partial charge on any atom is 0.255 e. The quantitative estimate of drug-likeness (QED) is 0.252. The molecule has 2 aliphatic carbocycles. The van der Waals surface area contributed by atoms with Crippen LogP contribution in [0, 0.1) is 17.3 Å². The standard InChI is InChI=1S/C26H34N6O2S/c27-20-2-1-17(12-22(20)32-15-18-11-19(18)16-32)25(34)30-21-14-28-24(35-29-7-10-33)13-23(21)31-8-5-26(3-4-26)6-9-31/h1-2,12-14,18-19,29,33H,3-11,15-16,27H2,(H,30,34). The lowest BCUT2D eigenvalue weighted by Crippen LogP contribution is -2.35. The first-order valence-corrected chi connectivity index (χ1v) is 13.6. The number of nitrogen functional groups attached to an aromatic ring is 1. The largest absolute Gasteiger partial charge is 0.397 e. The summed E-state index contributed by atoms with van der Waals surface area (Å²) < 4.78 is 3.12. The number of hydrogen-bond acceptors (Lipinski definition) is 8. The Morgan fingerprint density at radius 1 is 1.11 bits per heavy atom. The van der Waals surface area contributed by atoms with Crippen molar-refractivity contribution < 1.29 is 9.90 Å². The van der Waals surface area contributed by atoms with Gasteiger partial charge in [-0.2, -0.15) is 0 Å². The molecule has 2 atom stereocenters. The van der Waals surface area contributed by atoms with Gasteiger partial charge in [-0.3, -0.25) is 9.52 Å². The highest BCUT2D eigenvalue weighted by atomic mass is 32.2. The molecule has 35 heavy (non-hydrogen) atoms. The maximum atomic E-state index is 13.3. The summed E-state index contributed by atoms with van der Waals surface area (Å²) in [5, 5.41) is 13.0. The minimum Gasteiger partial charge on any atom is -0.397 e. The number of nitrogens with zero attached hydrogens (tertiary/aromatic N) is 3. The Morgan fingerprint density at radius 2 is 1.89 bits per heavy atom. The van der Waals surface area contributed by atoms with E-state index in [1.165, 1.54) is 44.1 Å². The molecule has 1 aromatic carbocycles. The van der Waals surface area contributed by atoms with Gasteiger partial charge in [0.15, 0.2) is 0 Å². The zero-order valence-electron chi connectivity index (χ0n) is 20.0. The minimum absolute atomic E-state index is 0.0739. The van der Waals surface area contributed by atoms with Crippen LogP contribution in [0.2, 0.25) is 0 Å². The third kappa shape index (κ3) is 4.81. The fraction of sp³-hybridized carbons (Fsp3) is 0.538. The van der Waals surface area contributed by atoms with E-state index in [-0.39, 0.29) is 12.5 Å². The smallest absolute Gasteiger partial charge is 0.255 e. The Balaban J connectivity index is 1.22. The van der Waals surface area contributed by atoms with Crippen molar-refractivity contribution in [2.24, 2.45) is 17.3 Å². The van der Waals surface area contributed by atoms with Crippen molar-refractivity contribution in [3.63, 3.8) is 0 Å². The van der Waals surface area contributed by atoms with Crippen LogP contribution in [-0.4, -0.2) is 55.3 Å². The number of anilines is 4. The van der Waals surface area contributed by atoms with Crippen LogP contribution >= 0.6 is 11.9 Å². The molecule has 1 spiro atoms. The van der Waals surface area contributed by atoms with E-state index in [0.717, 1.165) is 65.8 Å². The van der Waals surface area contributed by atoms with Gasteiger partial charge in [0.25, 0.3) is 5.91 Å². The van der Waals surface area contributed by atoms with Crippen LogP contribution in [-0.2, 0) is 0 Å². The van der Waals surface area contributed by atoms with E-state index >= 15 is 0 Å². The highest BCUT2D eigenvalue weighted by molar-refractivity contribution is 7.97. The second-order valence-electron chi connectivity index (χ2n) is 10.6. The van der Waals surface area contributed by atoms with E-state index in [1.807, 2.05) is 18.2 Å². The fourth-order valence-electron chi connectivity index (χ4n) is 5.66. The summed E-state index contributed by atoms with van der Waals surface area (Å²) in [5.74, 6) is 1.44. The average Bonchev–Trinajstić information content (AvgIpc) is 3.77. The molecule has 1 aromatic heterocycles. The first-order valence-electron chi connectivity index (χ1n) is 12.7. The lowest BCUT2D eigenvalue weighted by molar-refractivity contribution is 0.102. The van der Waals surface area contributed by atoms with Crippen LogP contribution in [0.3, 0.4) is 0 Å². The van der Waals surface area contributed by atoms with Gasteiger partial charge < -0.3 is 26.0 Å². The number of fused-ring (bicyclic) bond motifs is 1. The van der Waals surface area contributed by atoms with E-state index in [0.29, 0.717) is 17.5 Å². The van der Waals surface area contributed by atoms with E-state index in [2.05, 4.69) is 24.8 Å². The predicted molar refractivity (Wildman–Crippen MR) is 141 cm³/mol. The van der Waals surface area contributed by atoms with Gasteiger partial charge >= 0.3 is 0 Å². The van der Waals surface area contributed by atoms with Crippen molar-refractivity contribution >= 4 is 40.6 Å². The van der Waals surface area contributed by atoms with Gasteiger partial charge in [-0.1, -0.05) is 0 Å². The normalized spacial score (nSPS) is 23.9. The van der Waals surface area contributed by atoms with Crippen molar-refractivity contribution in [1.82, 2.24) is 9.71 Å². The predicted octanol–water partition coefficient (Wildman–Crippen LogP) is 3.34. The van der Waals surface area contributed by atoms with E-state index in [9.17, 15) is 4.79 Å².